The number of carbonyl (C=O) groups is 1. The van der Waals surface area contributed by atoms with Crippen molar-refractivity contribution in [3.05, 3.63) is 21.9 Å². The summed E-state index contributed by atoms with van der Waals surface area (Å²) in [6.07, 6.45) is 2.52. The topological polar surface area (TPSA) is 17.1 Å². The number of aryl methyl sites for hydroxylation is 2. The molecule has 0 N–H and O–H groups in total. The third-order valence-electron chi connectivity index (χ3n) is 1.30. The van der Waals surface area contributed by atoms with E-state index in [0.29, 0.717) is 6.42 Å². The van der Waals surface area contributed by atoms with E-state index in [4.69, 9.17) is 0 Å². The molecule has 0 aliphatic rings. The fourth-order valence-corrected chi connectivity index (χ4v) is 1.73. The van der Waals surface area contributed by atoms with Crippen LogP contribution in [-0.2, 0) is 11.2 Å². The number of rotatable bonds is 3. The molecule has 1 heterocycles. The van der Waals surface area contributed by atoms with Crippen molar-refractivity contribution in [2.75, 3.05) is 0 Å². The summed E-state index contributed by atoms with van der Waals surface area (Å²) in [5.74, 6) is 0. The van der Waals surface area contributed by atoms with Crippen LogP contribution in [-0.4, -0.2) is 6.29 Å². The van der Waals surface area contributed by atoms with Gasteiger partial charge >= 0.3 is 0 Å². The van der Waals surface area contributed by atoms with Crippen molar-refractivity contribution in [3.63, 3.8) is 0 Å². The van der Waals surface area contributed by atoms with E-state index in [9.17, 15) is 4.79 Å². The lowest BCUT2D eigenvalue weighted by atomic mass is 10.3. The van der Waals surface area contributed by atoms with Gasteiger partial charge in [0.05, 0.1) is 0 Å². The fraction of sp³-hybridized carbons (Fsp3) is 0.375. The first-order chi connectivity index (χ1) is 4.83. The highest BCUT2D eigenvalue weighted by molar-refractivity contribution is 7.11. The van der Waals surface area contributed by atoms with Crippen molar-refractivity contribution in [1.82, 2.24) is 0 Å². The van der Waals surface area contributed by atoms with Crippen LogP contribution in [0.5, 0.6) is 0 Å². The second-order valence-corrected chi connectivity index (χ2v) is 3.59. The van der Waals surface area contributed by atoms with Gasteiger partial charge < -0.3 is 4.79 Å². The molecule has 0 atom stereocenters. The van der Waals surface area contributed by atoms with Crippen molar-refractivity contribution in [2.24, 2.45) is 0 Å². The summed E-state index contributed by atoms with van der Waals surface area (Å²) < 4.78 is 0. The molecule has 1 aromatic heterocycles. The van der Waals surface area contributed by atoms with Crippen LogP contribution in [0, 0.1) is 6.92 Å². The molecule has 2 heteroatoms. The van der Waals surface area contributed by atoms with E-state index in [1.54, 1.807) is 11.3 Å². The third-order valence-corrected chi connectivity index (χ3v) is 2.37. The fourth-order valence-electron chi connectivity index (χ4n) is 0.821. The van der Waals surface area contributed by atoms with Gasteiger partial charge in [-0.15, -0.1) is 11.3 Å². The number of thiophene rings is 1. The Kier molecular flexibility index (Phi) is 2.63. The molecule has 0 fully saturated rings. The first-order valence-electron chi connectivity index (χ1n) is 3.32. The van der Waals surface area contributed by atoms with Crippen molar-refractivity contribution in [2.45, 2.75) is 19.8 Å². The summed E-state index contributed by atoms with van der Waals surface area (Å²) in [5, 5.41) is 0. The molecule has 1 aromatic rings. The van der Waals surface area contributed by atoms with Gasteiger partial charge in [0.25, 0.3) is 0 Å². The Labute approximate surface area is 64.7 Å². The van der Waals surface area contributed by atoms with Crippen molar-refractivity contribution in [3.8, 4) is 0 Å². The molecule has 0 aromatic carbocycles. The van der Waals surface area contributed by atoms with E-state index in [0.717, 1.165) is 12.7 Å². The molecule has 0 saturated heterocycles. The first-order valence-corrected chi connectivity index (χ1v) is 4.13. The standard InChI is InChI=1S/C8H10OS/c1-7-4-5-8(10-7)3-2-6-9/h4-6H,2-3H2,1H3. The van der Waals surface area contributed by atoms with Gasteiger partial charge in [-0.1, -0.05) is 0 Å². The average Bonchev–Trinajstić information content (AvgIpc) is 2.31. The normalized spacial score (nSPS) is 9.70. The summed E-state index contributed by atoms with van der Waals surface area (Å²) in [6, 6.07) is 4.17. The molecule has 0 radical (unpaired) electrons. The SMILES string of the molecule is Cc1ccc(CCC=O)s1. The zero-order valence-electron chi connectivity index (χ0n) is 5.96. The quantitative estimate of drug-likeness (QED) is 0.610. The molecule has 0 aliphatic carbocycles. The van der Waals surface area contributed by atoms with Gasteiger partial charge in [-0.25, -0.2) is 0 Å². The van der Waals surface area contributed by atoms with Gasteiger partial charge in [0, 0.05) is 16.2 Å². The molecule has 54 valence electrons. The van der Waals surface area contributed by atoms with E-state index in [1.807, 2.05) is 0 Å². The highest BCUT2D eigenvalue weighted by Gasteiger charge is 1.94. The molecule has 0 amide bonds. The molecule has 10 heavy (non-hydrogen) atoms. The molecular weight excluding hydrogens is 144 g/mol. The number of aldehydes is 1. The molecule has 0 spiro atoms. The van der Waals surface area contributed by atoms with Crippen LogP contribution in [0.2, 0.25) is 0 Å². The Bertz CT molecular complexity index is 215. The lowest BCUT2D eigenvalue weighted by Gasteiger charge is -1.86. The van der Waals surface area contributed by atoms with Crippen LogP contribution in [0.4, 0.5) is 0 Å². The lowest BCUT2D eigenvalue weighted by molar-refractivity contribution is -0.107. The molecule has 0 saturated carbocycles. The average molecular weight is 154 g/mol. The van der Waals surface area contributed by atoms with Crippen LogP contribution in [0.25, 0.3) is 0 Å². The number of carbonyl (C=O) groups excluding carboxylic acids is 1. The predicted octanol–water partition coefficient (Wildman–Crippen LogP) is 2.19. The summed E-state index contributed by atoms with van der Waals surface area (Å²) >= 11 is 1.77. The number of hydrogen-bond donors (Lipinski definition) is 0. The van der Waals surface area contributed by atoms with Crippen LogP contribution in [0.1, 0.15) is 16.2 Å². The molecule has 0 bridgehead atoms. The molecule has 0 unspecified atom stereocenters. The van der Waals surface area contributed by atoms with E-state index >= 15 is 0 Å². The van der Waals surface area contributed by atoms with Gasteiger partial charge in [-0.05, 0) is 25.5 Å². The Morgan fingerprint density at radius 2 is 2.40 bits per heavy atom. The van der Waals surface area contributed by atoms with Crippen LogP contribution >= 0.6 is 11.3 Å². The van der Waals surface area contributed by atoms with Gasteiger partial charge in [-0.3, -0.25) is 0 Å². The van der Waals surface area contributed by atoms with Crippen molar-refractivity contribution >= 4 is 17.6 Å². The van der Waals surface area contributed by atoms with Gasteiger partial charge in [0.2, 0.25) is 0 Å². The monoisotopic (exact) mass is 154 g/mol. The van der Waals surface area contributed by atoms with Crippen molar-refractivity contribution < 1.29 is 4.79 Å². The van der Waals surface area contributed by atoms with Crippen LogP contribution < -0.4 is 0 Å². The molecular formula is C8H10OS. The van der Waals surface area contributed by atoms with E-state index < -0.39 is 0 Å². The number of hydrogen-bond acceptors (Lipinski definition) is 2. The smallest absolute Gasteiger partial charge is 0.120 e. The van der Waals surface area contributed by atoms with Gasteiger partial charge in [0.15, 0.2) is 0 Å². The van der Waals surface area contributed by atoms with E-state index in [2.05, 4.69) is 19.1 Å². The molecule has 1 nitrogen and oxygen atoms in total. The van der Waals surface area contributed by atoms with E-state index in [1.165, 1.54) is 9.75 Å². The van der Waals surface area contributed by atoms with Crippen LogP contribution in [0.15, 0.2) is 12.1 Å². The lowest BCUT2D eigenvalue weighted by Crippen LogP contribution is -1.79. The second-order valence-electron chi connectivity index (χ2n) is 2.22. The molecule has 1 rings (SSSR count). The van der Waals surface area contributed by atoms with Gasteiger partial charge in [-0.2, -0.15) is 0 Å². The minimum absolute atomic E-state index is 0.653. The van der Waals surface area contributed by atoms with Crippen LogP contribution in [0.3, 0.4) is 0 Å². The van der Waals surface area contributed by atoms with E-state index in [-0.39, 0.29) is 0 Å². The second kappa shape index (κ2) is 3.52. The van der Waals surface area contributed by atoms with Gasteiger partial charge in [0.1, 0.15) is 6.29 Å². The maximum Gasteiger partial charge on any atom is 0.120 e. The minimum atomic E-state index is 0.653. The first kappa shape index (κ1) is 7.48. The zero-order valence-corrected chi connectivity index (χ0v) is 6.78. The minimum Gasteiger partial charge on any atom is -0.303 e. The Morgan fingerprint density at radius 1 is 1.60 bits per heavy atom. The maximum atomic E-state index is 9.99. The Morgan fingerprint density at radius 3 is 2.90 bits per heavy atom. The summed E-state index contributed by atoms with van der Waals surface area (Å²) in [6.45, 7) is 2.08. The maximum absolute atomic E-state index is 9.99. The Balaban J connectivity index is 2.49. The summed E-state index contributed by atoms with van der Waals surface area (Å²) in [5.41, 5.74) is 0. The largest absolute Gasteiger partial charge is 0.303 e. The predicted molar refractivity (Wildman–Crippen MR) is 43.4 cm³/mol. The summed E-state index contributed by atoms with van der Waals surface area (Å²) in [4.78, 5) is 12.6. The third kappa shape index (κ3) is 1.95. The highest BCUT2D eigenvalue weighted by atomic mass is 32.1. The Hall–Kier alpha value is -0.630. The zero-order chi connectivity index (χ0) is 7.40. The summed E-state index contributed by atoms with van der Waals surface area (Å²) in [7, 11) is 0. The molecule has 0 aliphatic heterocycles. The highest BCUT2D eigenvalue weighted by Crippen LogP contribution is 2.15. The van der Waals surface area contributed by atoms with Crippen molar-refractivity contribution in [1.29, 1.82) is 0 Å².